The first-order valence-electron chi connectivity index (χ1n) is 7.24. The molecule has 2 N–H and O–H groups in total. The van der Waals surface area contributed by atoms with Crippen LogP contribution in [0, 0.1) is 11.8 Å². The Bertz CT molecular complexity index is 482. The van der Waals surface area contributed by atoms with Gasteiger partial charge in [-0.2, -0.15) is 0 Å². The molecule has 0 unspecified atom stereocenters. The first-order chi connectivity index (χ1) is 9.49. The van der Waals surface area contributed by atoms with E-state index in [1.165, 1.54) is 4.88 Å². The van der Waals surface area contributed by atoms with Crippen molar-refractivity contribution in [3.8, 4) is 11.8 Å². The second-order valence-corrected chi connectivity index (χ2v) is 7.37. The van der Waals surface area contributed by atoms with Crippen molar-refractivity contribution in [1.29, 1.82) is 0 Å². The van der Waals surface area contributed by atoms with Crippen LogP contribution in [0.3, 0.4) is 0 Å². The van der Waals surface area contributed by atoms with Crippen LogP contribution >= 0.6 is 11.3 Å². The Balaban J connectivity index is 1.85. The van der Waals surface area contributed by atoms with E-state index >= 15 is 0 Å². The number of hydrogen-bond donors (Lipinski definition) is 1. The standard InChI is InChI=1S/C16H25N3S/c1-16(2,3)19-11-9-18(10-12-19)13-15-7-6-14(20-15)5-4-8-17/h6-7H,8-13,17H2,1-3H3. The number of piperazine rings is 1. The van der Waals surface area contributed by atoms with Gasteiger partial charge in [-0.3, -0.25) is 9.80 Å². The first kappa shape index (κ1) is 15.5. The second-order valence-electron chi connectivity index (χ2n) is 6.21. The molecule has 1 aliphatic rings. The maximum Gasteiger partial charge on any atom is 0.0772 e. The summed E-state index contributed by atoms with van der Waals surface area (Å²) >= 11 is 1.79. The zero-order valence-electron chi connectivity index (χ0n) is 12.8. The molecule has 4 heteroatoms. The van der Waals surface area contributed by atoms with Crippen molar-refractivity contribution in [1.82, 2.24) is 9.80 Å². The molecule has 1 saturated heterocycles. The topological polar surface area (TPSA) is 32.5 Å². The highest BCUT2D eigenvalue weighted by atomic mass is 32.1. The molecule has 0 amide bonds. The molecule has 0 spiro atoms. The van der Waals surface area contributed by atoms with Crippen LogP contribution < -0.4 is 5.73 Å². The molecule has 2 heterocycles. The lowest BCUT2D eigenvalue weighted by molar-refractivity contribution is 0.0595. The Morgan fingerprint density at radius 2 is 1.90 bits per heavy atom. The summed E-state index contributed by atoms with van der Waals surface area (Å²) in [6, 6.07) is 4.30. The van der Waals surface area contributed by atoms with Crippen LogP contribution in [-0.2, 0) is 6.54 Å². The summed E-state index contributed by atoms with van der Waals surface area (Å²) in [5.74, 6) is 6.02. The molecule has 1 aromatic heterocycles. The number of rotatable bonds is 2. The van der Waals surface area contributed by atoms with E-state index in [1.807, 2.05) is 0 Å². The number of hydrogen-bond acceptors (Lipinski definition) is 4. The maximum atomic E-state index is 5.40. The van der Waals surface area contributed by atoms with Gasteiger partial charge in [0.2, 0.25) is 0 Å². The summed E-state index contributed by atoms with van der Waals surface area (Å²) in [6.45, 7) is 13.0. The van der Waals surface area contributed by atoms with E-state index in [0.717, 1.165) is 37.6 Å². The van der Waals surface area contributed by atoms with Crippen molar-refractivity contribution < 1.29 is 0 Å². The Morgan fingerprint density at radius 1 is 1.20 bits per heavy atom. The minimum Gasteiger partial charge on any atom is -0.320 e. The van der Waals surface area contributed by atoms with Crippen molar-refractivity contribution in [2.75, 3.05) is 32.7 Å². The molecule has 2 rings (SSSR count). The van der Waals surface area contributed by atoms with E-state index in [4.69, 9.17) is 5.73 Å². The third kappa shape index (κ3) is 4.32. The van der Waals surface area contributed by atoms with Gasteiger partial charge in [0.05, 0.1) is 11.4 Å². The molecular weight excluding hydrogens is 266 g/mol. The summed E-state index contributed by atoms with van der Waals surface area (Å²) in [6.07, 6.45) is 0. The molecule has 20 heavy (non-hydrogen) atoms. The van der Waals surface area contributed by atoms with Gasteiger partial charge in [-0.1, -0.05) is 11.8 Å². The largest absolute Gasteiger partial charge is 0.320 e. The number of nitrogens with two attached hydrogens (primary N) is 1. The maximum absolute atomic E-state index is 5.40. The average Bonchev–Trinajstić information content (AvgIpc) is 2.83. The van der Waals surface area contributed by atoms with Crippen LogP contribution in [0.15, 0.2) is 12.1 Å². The van der Waals surface area contributed by atoms with Crippen LogP contribution in [0.2, 0.25) is 0 Å². The van der Waals surface area contributed by atoms with E-state index in [9.17, 15) is 0 Å². The molecule has 1 aliphatic heterocycles. The summed E-state index contributed by atoms with van der Waals surface area (Å²) in [7, 11) is 0. The lowest BCUT2D eigenvalue weighted by Crippen LogP contribution is -2.53. The number of nitrogens with zero attached hydrogens (tertiary/aromatic N) is 2. The van der Waals surface area contributed by atoms with Gasteiger partial charge in [0, 0.05) is 43.1 Å². The summed E-state index contributed by atoms with van der Waals surface area (Å²) in [5, 5.41) is 0. The molecule has 0 radical (unpaired) electrons. The Morgan fingerprint density at radius 3 is 2.50 bits per heavy atom. The minimum absolute atomic E-state index is 0.292. The smallest absolute Gasteiger partial charge is 0.0772 e. The fourth-order valence-electron chi connectivity index (χ4n) is 2.47. The predicted molar refractivity (Wildman–Crippen MR) is 86.9 cm³/mol. The molecule has 110 valence electrons. The third-order valence-electron chi connectivity index (χ3n) is 3.68. The average molecular weight is 291 g/mol. The van der Waals surface area contributed by atoms with Crippen LogP contribution in [0.1, 0.15) is 30.5 Å². The Hall–Kier alpha value is -0.860. The Labute approximate surface area is 126 Å². The van der Waals surface area contributed by atoms with Gasteiger partial charge in [-0.05, 0) is 32.9 Å². The zero-order chi connectivity index (χ0) is 14.6. The van der Waals surface area contributed by atoms with Gasteiger partial charge in [-0.25, -0.2) is 0 Å². The molecule has 0 aliphatic carbocycles. The molecule has 1 aromatic rings. The highest BCUT2D eigenvalue weighted by Crippen LogP contribution is 2.20. The molecule has 0 saturated carbocycles. The molecule has 3 nitrogen and oxygen atoms in total. The van der Waals surface area contributed by atoms with Gasteiger partial charge in [0.1, 0.15) is 0 Å². The van der Waals surface area contributed by atoms with Gasteiger partial charge in [-0.15, -0.1) is 11.3 Å². The van der Waals surface area contributed by atoms with E-state index < -0.39 is 0 Å². The molecule has 0 aromatic carbocycles. The lowest BCUT2D eigenvalue weighted by atomic mass is 10.1. The van der Waals surface area contributed by atoms with Crippen LogP contribution in [-0.4, -0.2) is 48.1 Å². The van der Waals surface area contributed by atoms with Crippen molar-refractivity contribution in [2.24, 2.45) is 5.73 Å². The zero-order valence-corrected chi connectivity index (χ0v) is 13.6. The van der Waals surface area contributed by atoms with Crippen LogP contribution in [0.4, 0.5) is 0 Å². The van der Waals surface area contributed by atoms with Crippen molar-refractivity contribution >= 4 is 11.3 Å². The van der Waals surface area contributed by atoms with Gasteiger partial charge in [0.15, 0.2) is 0 Å². The van der Waals surface area contributed by atoms with E-state index in [1.54, 1.807) is 11.3 Å². The van der Waals surface area contributed by atoms with Gasteiger partial charge in [0.25, 0.3) is 0 Å². The Kier molecular flexibility index (Phi) is 5.22. The SMILES string of the molecule is CC(C)(C)N1CCN(Cc2ccc(C#CCN)s2)CC1. The highest BCUT2D eigenvalue weighted by molar-refractivity contribution is 7.12. The number of thiophene rings is 1. The monoisotopic (exact) mass is 291 g/mol. The van der Waals surface area contributed by atoms with Gasteiger partial charge >= 0.3 is 0 Å². The minimum atomic E-state index is 0.292. The van der Waals surface area contributed by atoms with Crippen molar-refractivity contribution in [3.63, 3.8) is 0 Å². The second kappa shape index (κ2) is 6.73. The lowest BCUT2D eigenvalue weighted by Gasteiger charge is -2.42. The van der Waals surface area contributed by atoms with E-state index in [2.05, 4.69) is 54.5 Å². The van der Waals surface area contributed by atoms with Gasteiger partial charge < -0.3 is 5.73 Å². The summed E-state index contributed by atoms with van der Waals surface area (Å²) in [4.78, 5) is 7.62. The summed E-state index contributed by atoms with van der Waals surface area (Å²) in [5.41, 5.74) is 5.69. The van der Waals surface area contributed by atoms with E-state index in [-0.39, 0.29) is 0 Å². The third-order valence-corrected chi connectivity index (χ3v) is 4.66. The van der Waals surface area contributed by atoms with E-state index in [0.29, 0.717) is 12.1 Å². The van der Waals surface area contributed by atoms with Crippen LogP contribution in [0.25, 0.3) is 0 Å². The fraction of sp³-hybridized carbons (Fsp3) is 0.625. The highest BCUT2D eigenvalue weighted by Gasteiger charge is 2.25. The predicted octanol–water partition coefficient (Wildman–Crippen LogP) is 1.97. The van der Waals surface area contributed by atoms with Crippen LogP contribution in [0.5, 0.6) is 0 Å². The summed E-state index contributed by atoms with van der Waals surface area (Å²) < 4.78 is 0. The first-order valence-corrected chi connectivity index (χ1v) is 8.06. The molecule has 1 fully saturated rings. The van der Waals surface area contributed by atoms with Crippen molar-refractivity contribution in [3.05, 3.63) is 21.9 Å². The normalized spacial score (nSPS) is 17.8. The fourth-order valence-corrected chi connectivity index (χ4v) is 3.39. The van der Waals surface area contributed by atoms with Crippen molar-refractivity contribution in [2.45, 2.75) is 32.9 Å². The molecule has 0 bridgehead atoms. The molecular formula is C16H25N3S. The molecule has 0 atom stereocenters. The quantitative estimate of drug-likeness (QED) is 0.846.